The normalized spacial score (nSPS) is 23.2. The molecule has 2 nitrogen and oxygen atoms in total. The van der Waals surface area contributed by atoms with Gasteiger partial charge in [0.15, 0.2) is 0 Å². The maximum atomic E-state index is 12.7. The number of carbonyl (C=O) groups excluding carboxylic acids is 1. The summed E-state index contributed by atoms with van der Waals surface area (Å²) in [6, 6.07) is 16.3. The highest BCUT2D eigenvalue weighted by atomic mass is 16.2. The third-order valence-corrected chi connectivity index (χ3v) is 4.59. The SMILES string of the molecule is CC[C@]12Cc3ccccc3N1C(=O)c1ccccc12. The molecule has 0 bridgehead atoms. The Morgan fingerprint density at radius 1 is 1.11 bits per heavy atom. The lowest BCUT2D eigenvalue weighted by atomic mass is 9.84. The maximum absolute atomic E-state index is 12.7. The van der Waals surface area contributed by atoms with Crippen molar-refractivity contribution >= 4 is 11.6 Å². The Bertz CT molecular complexity index is 691. The molecule has 2 heteroatoms. The fraction of sp³-hybridized carbons (Fsp3) is 0.235. The van der Waals surface area contributed by atoms with Gasteiger partial charge in [0.1, 0.15) is 0 Å². The summed E-state index contributed by atoms with van der Waals surface area (Å²) in [4.78, 5) is 14.8. The quantitative estimate of drug-likeness (QED) is 0.757. The molecule has 0 N–H and O–H groups in total. The molecule has 0 fully saturated rings. The molecule has 0 saturated carbocycles. The lowest BCUT2D eigenvalue weighted by molar-refractivity contribution is 0.0979. The standard InChI is InChI=1S/C17H15NO/c1-2-17-11-12-7-3-6-10-15(12)18(17)16(19)13-8-4-5-9-14(13)17/h3-10H,2,11H2,1H3/t17-/m1/s1. The van der Waals surface area contributed by atoms with Crippen molar-refractivity contribution in [2.24, 2.45) is 0 Å². The fourth-order valence-electron chi connectivity index (χ4n) is 3.69. The lowest BCUT2D eigenvalue weighted by Gasteiger charge is -2.32. The highest BCUT2D eigenvalue weighted by Gasteiger charge is 2.53. The van der Waals surface area contributed by atoms with E-state index < -0.39 is 0 Å². The number of carbonyl (C=O) groups is 1. The zero-order valence-corrected chi connectivity index (χ0v) is 10.9. The number of rotatable bonds is 1. The zero-order chi connectivity index (χ0) is 13.0. The number of benzene rings is 2. The number of anilines is 1. The summed E-state index contributed by atoms with van der Waals surface area (Å²) < 4.78 is 0. The number of hydrogen-bond donors (Lipinski definition) is 0. The van der Waals surface area contributed by atoms with E-state index in [-0.39, 0.29) is 11.4 Å². The molecule has 2 aromatic carbocycles. The van der Waals surface area contributed by atoms with Gasteiger partial charge in [0.2, 0.25) is 0 Å². The fourth-order valence-corrected chi connectivity index (χ4v) is 3.69. The molecule has 0 aliphatic carbocycles. The minimum atomic E-state index is -0.155. The van der Waals surface area contributed by atoms with E-state index in [4.69, 9.17) is 0 Å². The molecular formula is C17H15NO. The smallest absolute Gasteiger partial charge is 0.259 e. The third kappa shape index (κ3) is 1.14. The van der Waals surface area contributed by atoms with Gasteiger partial charge in [-0.1, -0.05) is 43.3 Å². The summed E-state index contributed by atoms with van der Waals surface area (Å²) in [5.41, 5.74) is 4.28. The van der Waals surface area contributed by atoms with Crippen molar-refractivity contribution in [3.63, 3.8) is 0 Å². The molecule has 0 saturated heterocycles. The molecule has 2 aliphatic heterocycles. The van der Waals surface area contributed by atoms with Crippen molar-refractivity contribution in [1.29, 1.82) is 0 Å². The van der Waals surface area contributed by atoms with Crippen LogP contribution in [0, 0.1) is 0 Å². The molecule has 0 spiro atoms. The number of para-hydroxylation sites is 1. The van der Waals surface area contributed by atoms with Crippen LogP contribution in [0.5, 0.6) is 0 Å². The first-order valence-electron chi connectivity index (χ1n) is 6.80. The van der Waals surface area contributed by atoms with Gasteiger partial charge in [-0.25, -0.2) is 0 Å². The Labute approximate surface area is 112 Å². The van der Waals surface area contributed by atoms with Crippen molar-refractivity contribution in [3.8, 4) is 0 Å². The van der Waals surface area contributed by atoms with Gasteiger partial charge in [0, 0.05) is 17.7 Å². The Hall–Kier alpha value is -2.09. The highest BCUT2D eigenvalue weighted by molar-refractivity contribution is 6.13. The predicted octanol–water partition coefficient (Wildman–Crippen LogP) is 3.51. The largest absolute Gasteiger partial charge is 0.297 e. The van der Waals surface area contributed by atoms with Gasteiger partial charge < -0.3 is 0 Å². The molecule has 0 radical (unpaired) electrons. The molecule has 2 aromatic rings. The number of amides is 1. The van der Waals surface area contributed by atoms with Crippen LogP contribution in [0.3, 0.4) is 0 Å². The van der Waals surface area contributed by atoms with Crippen LogP contribution in [0.4, 0.5) is 5.69 Å². The van der Waals surface area contributed by atoms with Crippen LogP contribution in [0.15, 0.2) is 48.5 Å². The Morgan fingerprint density at radius 2 is 1.84 bits per heavy atom. The first-order chi connectivity index (χ1) is 9.28. The van der Waals surface area contributed by atoms with Crippen molar-refractivity contribution in [1.82, 2.24) is 0 Å². The van der Waals surface area contributed by atoms with Gasteiger partial charge in [-0.05, 0) is 29.7 Å². The number of hydrogen-bond acceptors (Lipinski definition) is 1. The van der Waals surface area contributed by atoms with Gasteiger partial charge in [-0.3, -0.25) is 9.69 Å². The third-order valence-electron chi connectivity index (χ3n) is 4.59. The van der Waals surface area contributed by atoms with E-state index in [0.717, 1.165) is 24.1 Å². The second-order valence-corrected chi connectivity index (χ2v) is 5.38. The lowest BCUT2D eigenvalue weighted by Crippen LogP contribution is -2.40. The summed E-state index contributed by atoms with van der Waals surface area (Å²) in [5.74, 6) is 0.155. The van der Waals surface area contributed by atoms with E-state index >= 15 is 0 Å². The highest BCUT2D eigenvalue weighted by Crippen LogP contribution is 2.52. The Balaban J connectivity index is 2.02. The molecular weight excluding hydrogens is 234 g/mol. The van der Waals surface area contributed by atoms with E-state index in [1.165, 1.54) is 11.1 Å². The molecule has 2 heterocycles. The van der Waals surface area contributed by atoms with E-state index in [1.807, 2.05) is 29.2 Å². The second kappa shape index (κ2) is 3.47. The average molecular weight is 249 g/mol. The first-order valence-corrected chi connectivity index (χ1v) is 6.80. The topological polar surface area (TPSA) is 20.3 Å². The van der Waals surface area contributed by atoms with Crippen LogP contribution in [0.1, 0.15) is 34.8 Å². The molecule has 94 valence electrons. The van der Waals surface area contributed by atoms with E-state index in [2.05, 4.69) is 31.2 Å². The number of fused-ring (bicyclic) bond motifs is 5. The van der Waals surface area contributed by atoms with E-state index in [9.17, 15) is 4.79 Å². The molecule has 1 amide bonds. The van der Waals surface area contributed by atoms with Gasteiger partial charge in [0.05, 0.1) is 5.54 Å². The molecule has 2 aliphatic rings. The summed E-state index contributed by atoms with van der Waals surface area (Å²) in [6.07, 6.45) is 1.88. The molecule has 1 atom stereocenters. The minimum Gasteiger partial charge on any atom is -0.297 e. The van der Waals surface area contributed by atoms with Crippen LogP contribution >= 0.6 is 0 Å². The minimum absolute atomic E-state index is 0.155. The predicted molar refractivity (Wildman–Crippen MR) is 75.4 cm³/mol. The monoisotopic (exact) mass is 249 g/mol. The molecule has 0 unspecified atom stereocenters. The molecule has 19 heavy (non-hydrogen) atoms. The summed E-state index contributed by atoms with van der Waals surface area (Å²) in [7, 11) is 0. The average Bonchev–Trinajstić information content (AvgIpc) is 2.92. The van der Waals surface area contributed by atoms with Crippen LogP contribution in [-0.2, 0) is 12.0 Å². The number of nitrogens with zero attached hydrogens (tertiary/aromatic N) is 1. The van der Waals surface area contributed by atoms with Crippen LogP contribution in [-0.4, -0.2) is 5.91 Å². The van der Waals surface area contributed by atoms with Crippen molar-refractivity contribution in [2.45, 2.75) is 25.3 Å². The van der Waals surface area contributed by atoms with Gasteiger partial charge in [-0.2, -0.15) is 0 Å². The van der Waals surface area contributed by atoms with Crippen molar-refractivity contribution in [3.05, 3.63) is 65.2 Å². The van der Waals surface area contributed by atoms with Gasteiger partial charge in [-0.15, -0.1) is 0 Å². The van der Waals surface area contributed by atoms with Crippen LogP contribution < -0.4 is 4.90 Å². The van der Waals surface area contributed by atoms with Gasteiger partial charge >= 0.3 is 0 Å². The van der Waals surface area contributed by atoms with Crippen molar-refractivity contribution < 1.29 is 4.79 Å². The van der Waals surface area contributed by atoms with E-state index in [0.29, 0.717) is 0 Å². The summed E-state index contributed by atoms with van der Waals surface area (Å²) in [5, 5.41) is 0. The van der Waals surface area contributed by atoms with Crippen LogP contribution in [0.2, 0.25) is 0 Å². The van der Waals surface area contributed by atoms with E-state index in [1.54, 1.807) is 0 Å². The van der Waals surface area contributed by atoms with Crippen molar-refractivity contribution in [2.75, 3.05) is 4.90 Å². The molecule has 4 rings (SSSR count). The van der Waals surface area contributed by atoms with Crippen LogP contribution in [0.25, 0.3) is 0 Å². The Morgan fingerprint density at radius 3 is 2.68 bits per heavy atom. The molecule has 0 aromatic heterocycles. The maximum Gasteiger partial charge on any atom is 0.259 e. The van der Waals surface area contributed by atoms with Gasteiger partial charge in [0.25, 0.3) is 5.91 Å². The zero-order valence-electron chi connectivity index (χ0n) is 10.9. The Kier molecular flexibility index (Phi) is 1.97. The summed E-state index contributed by atoms with van der Waals surface area (Å²) >= 11 is 0. The summed E-state index contributed by atoms with van der Waals surface area (Å²) in [6.45, 7) is 2.17. The first kappa shape index (κ1) is 10.8. The second-order valence-electron chi connectivity index (χ2n) is 5.38.